The van der Waals surface area contributed by atoms with Crippen molar-refractivity contribution in [3.63, 3.8) is 0 Å². The molecule has 3 nitrogen and oxygen atoms in total. The fourth-order valence-corrected chi connectivity index (χ4v) is 4.00. The molecule has 0 aliphatic rings. The molecular formula is C22H19Br2NO2. The van der Waals surface area contributed by atoms with E-state index in [-0.39, 0.29) is 17.3 Å². The molecule has 0 aliphatic heterocycles. The number of aromatic nitrogens is 1. The van der Waals surface area contributed by atoms with E-state index in [0.29, 0.717) is 16.5 Å². The lowest BCUT2D eigenvalue weighted by molar-refractivity contribution is 0.0976. The number of halogens is 2. The van der Waals surface area contributed by atoms with E-state index in [9.17, 15) is 9.59 Å². The van der Waals surface area contributed by atoms with Crippen LogP contribution in [-0.4, -0.2) is 10.4 Å². The van der Waals surface area contributed by atoms with Crippen molar-refractivity contribution >= 4 is 37.6 Å². The zero-order valence-corrected chi connectivity index (χ0v) is 18.2. The van der Waals surface area contributed by atoms with Crippen LogP contribution in [0, 0.1) is 6.92 Å². The SMILES string of the molecule is Cc1ccccc1C(CC(=O)c1cc(Br)c(=O)n(C)c1)c1ccc(Br)cc1. The zero-order chi connectivity index (χ0) is 19.6. The monoisotopic (exact) mass is 487 g/mol. The summed E-state index contributed by atoms with van der Waals surface area (Å²) < 4.78 is 2.83. The highest BCUT2D eigenvalue weighted by atomic mass is 79.9. The molecule has 0 bridgehead atoms. The first-order valence-corrected chi connectivity index (χ1v) is 10.2. The van der Waals surface area contributed by atoms with E-state index in [1.54, 1.807) is 19.3 Å². The molecule has 1 heterocycles. The number of nitrogens with zero attached hydrogens (tertiary/aromatic N) is 1. The van der Waals surface area contributed by atoms with Crippen LogP contribution in [0.15, 0.2) is 74.5 Å². The number of carbonyl (C=O) groups excluding carboxylic acids is 1. The molecule has 3 aromatic rings. The molecule has 2 aromatic carbocycles. The highest BCUT2D eigenvalue weighted by Gasteiger charge is 2.21. The fraction of sp³-hybridized carbons (Fsp3) is 0.182. The van der Waals surface area contributed by atoms with Gasteiger partial charge in [-0.15, -0.1) is 0 Å². The number of rotatable bonds is 5. The van der Waals surface area contributed by atoms with E-state index in [1.165, 1.54) is 4.57 Å². The molecule has 5 heteroatoms. The first-order chi connectivity index (χ1) is 12.9. The lowest BCUT2D eigenvalue weighted by Gasteiger charge is -2.20. The molecule has 1 atom stereocenters. The molecule has 138 valence electrons. The standard InChI is InChI=1S/C22H19Br2NO2/c1-14-5-3-4-6-18(14)19(15-7-9-17(23)10-8-15)12-21(26)16-11-20(24)22(27)25(2)13-16/h3-11,13,19H,12H2,1-2H3. The van der Waals surface area contributed by atoms with Crippen molar-refractivity contribution in [1.29, 1.82) is 0 Å². The average Bonchev–Trinajstić information content (AvgIpc) is 2.65. The molecule has 27 heavy (non-hydrogen) atoms. The summed E-state index contributed by atoms with van der Waals surface area (Å²) in [5, 5.41) is 0. The summed E-state index contributed by atoms with van der Waals surface area (Å²) >= 11 is 6.72. The molecule has 0 saturated heterocycles. The van der Waals surface area contributed by atoms with Gasteiger partial charge in [-0.1, -0.05) is 52.3 Å². The van der Waals surface area contributed by atoms with Crippen molar-refractivity contribution < 1.29 is 4.79 Å². The Balaban J connectivity index is 2.01. The van der Waals surface area contributed by atoms with Crippen LogP contribution >= 0.6 is 31.9 Å². The molecule has 0 aliphatic carbocycles. The molecule has 3 rings (SSSR count). The van der Waals surface area contributed by atoms with Crippen LogP contribution in [0.1, 0.15) is 39.4 Å². The largest absolute Gasteiger partial charge is 0.317 e. The van der Waals surface area contributed by atoms with Gasteiger partial charge in [-0.25, -0.2) is 0 Å². The summed E-state index contributed by atoms with van der Waals surface area (Å²) in [5.74, 6) is -0.0507. The van der Waals surface area contributed by atoms with Crippen LogP contribution in [0.25, 0.3) is 0 Å². The van der Waals surface area contributed by atoms with Gasteiger partial charge in [-0.05, 0) is 57.7 Å². The zero-order valence-electron chi connectivity index (χ0n) is 15.1. The van der Waals surface area contributed by atoms with Crippen molar-refractivity contribution in [2.24, 2.45) is 7.05 Å². The van der Waals surface area contributed by atoms with Gasteiger partial charge in [0.15, 0.2) is 5.78 Å². The van der Waals surface area contributed by atoms with E-state index >= 15 is 0 Å². The number of Topliss-reactive ketones (excluding diaryl/α,β-unsaturated/α-hetero) is 1. The lowest BCUT2D eigenvalue weighted by atomic mass is 9.84. The molecule has 0 fully saturated rings. The third-order valence-corrected chi connectivity index (χ3v) is 5.78. The summed E-state index contributed by atoms with van der Waals surface area (Å²) in [4.78, 5) is 24.9. The number of benzene rings is 2. The van der Waals surface area contributed by atoms with E-state index < -0.39 is 0 Å². The van der Waals surface area contributed by atoms with Crippen molar-refractivity contribution in [3.8, 4) is 0 Å². The summed E-state index contributed by atoms with van der Waals surface area (Å²) in [5.41, 5.74) is 3.75. The second-order valence-corrected chi connectivity index (χ2v) is 8.35. The van der Waals surface area contributed by atoms with Gasteiger partial charge in [-0.3, -0.25) is 9.59 Å². The number of aryl methyl sites for hydroxylation is 2. The van der Waals surface area contributed by atoms with Crippen LogP contribution in [0.4, 0.5) is 0 Å². The minimum absolute atomic E-state index is 0.00229. The van der Waals surface area contributed by atoms with Crippen molar-refractivity contribution in [1.82, 2.24) is 4.57 Å². The minimum atomic E-state index is -0.157. The number of hydrogen-bond donors (Lipinski definition) is 0. The van der Waals surface area contributed by atoms with Crippen LogP contribution in [0.5, 0.6) is 0 Å². The van der Waals surface area contributed by atoms with Gasteiger partial charge in [-0.2, -0.15) is 0 Å². The topological polar surface area (TPSA) is 39.1 Å². The Morgan fingerprint density at radius 2 is 1.74 bits per heavy atom. The third-order valence-electron chi connectivity index (χ3n) is 4.69. The van der Waals surface area contributed by atoms with Crippen LogP contribution < -0.4 is 5.56 Å². The molecular weight excluding hydrogens is 470 g/mol. The van der Waals surface area contributed by atoms with E-state index in [4.69, 9.17) is 0 Å². The third kappa shape index (κ3) is 4.47. The molecule has 0 radical (unpaired) electrons. The summed E-state index contributed by atoms with van der Waals surface area (Å²) in [6.45, 7) is 2.06. The number of carbonyl (C=O) groups is 1. The van der Waals surface area contributed by atoms with E-state index in [1.807, 2.05) is 36.4 Å². The average molecular weight is 489 g/mol. The van der Waals surface area contributed by atoms with Crippen molar-refractivity contribution in [2.75, 3.05) is 0 Å². The Morgan fingerprint density at radius 3 is 2.37 bits per heavy atom. The molecule has 0 spiro atoms. The lowest BCUT2D eigenvalue weighted by Crippen LogP contribution is -2.19. The van der Waals surface area contributed by atoms with Crippen molar-refractivity contribution in [3.05, 3.63) is 102 Å². The highest BCUT2D eigenvalue weighted by Crippen LogP contribution is 2.32. The van der Waals surface area contributed by atoms with Gasteiger partial charge in [0.05, 0.1) is 4.47 Å². The first kappa shape index (κ1) is 19.8. The summed E-state index contributed by atoms with van der Waals surface area (Å²) in [7, 11) is 1.65. The Kier molecular flexibility index (Phi) is 6.12. The van der Waals surface area contributed by atoms with E-state index in [0.717, 1.165) is 21.2 Å². The van der Waals surface area contributed by atoms with Gasteiger partial charge in [0.1, 0.15) is 0 Å². The summed E-state index contributed by atoms with van der Waals surface area (Å²) in [6, 6.07) is 17.8. The van der Waals surface area contributed by atoms with Gasteiger partial charge in [0.2, 0.25) is 0 Å². The second-order valence-electron chi connectivity index (χ2n) is 6.58. The quantitative estimate of drug-likeness (QED) is 0.437. The van der Waals surface area contributed by atoms with Crippen molar-refractivity contribution in [2.45, 2.75) is 19.3 Å². The number of hydrogen-bond acceptors (Lipinski definition) is 2. The first-order valence-electron chi connectivity index (χ1n) is 8.57. The van der Waals surface area contributed by atoms with Gasteiger partial charge in [0.25, 0.3) is 5.56 Å². The summed E-state index contributed by atoms with van der Waals surface area (Å²) in [6.07, 6.45) is 1.93. The second kappa shape index (κ2) is 8.36. The minimum Gasteiger partial charge on any atom is -0.317 e. The highest BCUT2D eigenvalue weighted by molar-refractivity contribution is 9.10. The Hall–Kier alpha value is -1.98. The van der Waals surface area contributed by atoms with E-state index in [2.05, 4.69) is 50.9 Å². The molecule has 0 N–H and O–H groups in total. The van der Waals surface area contributed by atoms with Crippen LogP contribution in [0.3, 0.4) is 0 Å². The Labute approximate surface area is 175 Å². The van der Waals surface area contributed by atoms with Gasteiger partial charge < -0.3 is 4.57 Å². The van der Waals surface area contributed by atoms with Gasteiger partial charge in [0, 0.05) is 35.6 Å². The predicted molar refractivity (Wildman–Crippen MR) is 115 cm³/mol. The maximum atomic E-state index is 13.1. The maximum absolute atomic E-state index is 13.1. The predicted octanol–water partition coefficient (Wildman–Crippen LogP) is 5.62. The number of ketones is 1. The smallest absolute Gasteiger partial charge is 0.264 e. The van der Waals surface area contributed by atoms with Crippen LogP contribution in [0.2, 0.25) is 0 Å². The Bertz CT molecular complexity index is 1010. The molecule has 0 amide bonds. The number of pyridine rings is 1. The van der Waals surface area contributed by atoms with Crippen LogP contribution in [-0.2, 0) is 7.05 Å². The Morgan fingerprint density at radius 1 is 1.07 bits per heavy atom. The maximum Gasteiger partial charge on any atom is 0.264 e. The fourth-order valence-electron chi connectivity index (χ4n) is 3.21. The molecule has 1 aromatic heterocycles. The molecule has 1 unspecified atom stereocenters. The normalized spacial score (nSPS) is 12.0. The molecule has 0 saturated carbocycles. The van der Waals surface area contributed by atoms with Gasteiger partial charge >= 0.3 is 0 Å².